The van der Waals surface area contributed by atoms with Crippen LogP contribution in [-0.4, -0.2) is 73.4 Å². The summed E-state index contributed by atoms with van der Waals surface area (Å²) in [6, 6.07) is 18.5. The van der Waals surface area contributed by atoms with E-state index in [1.165, 1.54) is 0 Å². The Morgan fingerprint density at radius 2 is 1.62 bits per heavy atom. The Morgan fingerprint density at radius 1 is 0.920 bits per heavy atom. The fourth-order valence-electron chi connectivity index (χ4n) is 7.10. The molecule has 2 fully saturated rings. The van der Waals surface area contributed by atoms with E-state index < -0.39 is 12.3 Å². The van der Waals surface area contributed by atoms with Gasteiger partial charge in [0, 0.05) is 34.6 Å². The first-order chi connectivity index (χ1) is 24.2. The van der Waals surface area contributed by atoms with Crippen LogP contribution in [0, 0.1) is 18.8 Å². The zero-order valence-electron chi connectivity index (χ0n) is 28.5. The van der Waals surface area contributed by atoms with E-state index in [1.807, 2.05) is 49.4 Å². The number of anilines is 1. The van der Waals surface area contributed by atoms with Crippen LogP contribution >= 0.6 is 0 Å². The van der Waals surface area contributed by atoms with E-state index in [4.69, 9.17) is 11.5 Å². The Hall–Kier alpha value is -4.56. The van der Waals surface area contributed by atoms with E-state index in [-0.39, 0.29) is 29.8 Å². The van der Waals surface area contributed by atoms with Crippen LogP contribution in [0.15, 0.2) is 60.7 Å². The number of carbonyl (C=O) groups excluding carboxylic acids is 2. The van der Waals surface area contributed by atoms with Crippen molar-refractivity contribution in [3.05, 3.63) is 77.6 Å². The minimum atomic E-state index is -0.829. The van der Waals surface area contributed by atoms with Crippen molar-refractivity contribution in [2.24, 2.45) is 23.3 Å². The van der Waals surface area contributed by atoms with Gasteiger partial charge in [0.25, 0.3) is 5.91 Å². The molecule has 2 aliphatic carbocycles. The number of pyridine rings is 1. The van der Waals surface area contributed by atoms with Gasteiger partial charge in [-0.05, 0) is 130 Å². The lowest BCUT2D eigenvalue weighted by Crippen LogP contribution is -2.50. The zero-order valence-corrected chi connectivity index (χ0v) is 28.5. The summed E-state index contributed by atoms with van der Waals surface area (Å²) in [5, 5.41) is 34.6. The highest BCUT2D eigenvalue weighted by Crippen LogP contribution is 2.30. The topological polar surface area (TPSA) is 210 Å². The third kappa shape index (κ3) is 8.96. The van der Waals surface area contributed by atoms with E-state index >= 15 is 0 Å². The molecule has 264 valence electrons. The molecule has 13 heteroatoms. The molecule has 9 N–H and O–H groups in total. The number of aliphatic hydroxyl groups excluding tert-OH is 1. The highest BCUT2D eigenvalue weighted by molar-refractivity contribution is 5.95. The van der Waals surface area contributed by atoms with Gasteiger partial charge in [-0.1, -0.05) is 30.3 Å². The van der Waals surface area contributed by atoms with Crippen molar-refractivity contribution in [3.63, 3.8) is 0 Å². The third-order valence-electron chi connectivity index (χ3n) is 10.2. The minimum Gasteiger partial charge on any atom is -0.378 e. The fourth-order valence-corrected chi connectivity index (χ4v) is 7.10. The van der Waals surface area contributed by atoms with Gasteiger partial charge in [0.2, 0.25) is 11.7 Å². The molecular formula is C37H48N10O3. The number of rotatable bonds is 12. The lowest BCUT2D eigenvalue weighted by atomic mass is 9.81. The monoisotopic (exact) mass is 680 g/mol. The number of nitrogens with one attached hydrogen (secondary N) is 4. The smallest absolute Gasteiger partial charge is 0.270 e. The van der Waals surface area contributed by atoms with Crippen molar-refractivity contribution in [2.45, 2.75) is 89.1 Å². The van der Waals surface area contributed by atoms with Crippen molar-refractivity contribution in [1.82, 2.24) is 36.2 Å². The Labute approximate surface area is 292 Å². The highest BCUT2D eigenvalue weighted by atomic mass is 16.3. The van der Waals surface area contributed by atoms with Gasteiger partial charge in [0.15, 0.2) is 0 Å². The van der Waals surface area contributed by atoms with Crippen molar-refractivity contribution >= 4 is 17.5 Å². The molecule has 2 aromatic carbocycles. The van der Waals surface area contributed by atoms with Crippen molar-refractivity contribution in [1.29, 1.82) is 0 Å². The number of aliphatic hydroxyl groups is 1. The van der Waals surface area contributed by atoms with E-state index in [2.05, 4.69) is 41.6 Å². The van der Waals surface area contributed by atoms with Gasteiger partial charge < -0.3 is 27.2 Å². The van der Waals surface area contributed by atoms with Gasteiger partial charge in [-0.25, -0.2) is 4.98 Å². The second-order valence-electron chi connectivity index (χ2n) is 13.8. The molecule has 0 radical (unpaired) electrons. The van der Waals surface area contributed by atoms with Crippen LogP contribution in [0.3, 0.4) is 0 Å². The average molecular weight is 681 g/mol. The quantitative estimate of drug-likeness (QED) is 0.108. The first-order valence-electron chi connectivity index (χ1n) is 17.7. The summed E-state index contributed by atoms with van der Waals surface area (Å²) in [4.78, 5) is 31.3. The van der Waals surface area contributed by atoms with E-state index in [0.29, 0.717) is 36.1 Å². The summed E-state index contributed by atoms with van der Waals surface area (Å²) in [6.45, 7) is 2.56. The van der Waals surface area contributed by atoms with Gasteiger partial charge in [-0.3, -0.25) is 14.9 Å². The number of aromatic nitrogens is 5. The molecule has 0 saturated heterocycles. The maximum absolute atomic E-state index is 13.7. The van der Waals surface area contributed by atoms with Crippen molar-refractivity contribution < 1.29 is 14.7 Å². The summed E-state index contributed by atoms with van der Waals surface area (Å²) < 4.78 is 0. The predicted molar refractivity (Wildman–Crippen MR) is 191 cm³/mol. The number of amides is 2. The summed E-state index contributed by atoms with van der Waals surface area (Å²) in [6.07, 6.45) is 6.82. The maximum Gasteiger partial charge on any atom is 0.270 e. The molecular weight excluding hydrogens is 632 g/mol. The summed E-state index contributed by atoms with van der Waals surface area (Å²) in [5.41, 5.74) is 17.3. The molecule has 0 aliphatic heterocycles. The Kier molecular flexibility index (Phi) is 11.6. The second-order valence-corrected chi connectivity index (χ2v) is 13.8. The molecule has 2 heterocycles. The Balaban J connectivity index is 1.13. The lowest BCUT2D eigenvalue weighted by Gasteiger charge is -2.33. The van der Waals surface area contributed by atoms with Crippen LogP contribution in [0.4, 0.5) is 5.69 Å². The maximum atomic E-state index is 13.7. The van der Waals surface area contributed by atoms with Crippen LogP contribution in [0.5, 0.6) is 0 Å². The number of benzene rings is 2. The number of aromatic amines is 1. The highest BCUT2D eigenvalue weighted by Gasteiger charge is 2.30. The van der Waals surface area contributed by atoms with Gasteiger partial charge in [0.1, 0.15) is 11.9 Å². The molecule has 2 unspecified atom stereocenters. The standard InChI is InChI=1S/C37H48N10O3/c1-22-31(18-19-32(40-22)36(49)41-30-16-12-28(39)13-17-30)25-6-2-23(3-7-25)20-33(43-35(48)27-8-4-24(21-38)5-9-27)37(50)42-29-14-10-26(11-15-29)34-44-46-47-45-34/h2-3,6-7,10-11,14-15,18-19,24,27-28,30,33,35,43,48H,4-5,8-9,12-13,16-17,20-21,38-39H2,1H3,(H,41,49)(H,42,50)(H,44,45,46,47). The lowest BCUT2D eigenvalue weighted by molar-refractivity contribution is -0.119. The van der Waals surface area contributed by atoms with E-state index in [0.717, 1.165) is 79.3 Å². The summed E-state index contributed by atoms with van der Waals surface area (Å²) >= 11 is 0. The SMILES string of the molecule is Cc1nc(C(=O)NC2CCC(N)CC2)ccc1-c1ccc(CC(NC(O)C2CCC(CN)CC2)C(=O)Nc2ccc(-c3nn[nH]n3)cc2)cc1. The number of nitrogens with zero attached hydrogens (tertiary/aromatic N) is 4. The van der Waals surface area contributed by atoms with Crippen molar-refractivity contribution in [3.8, 4) is 22.5 Å². The minimum absolute atomic E-state index is 0.0474. The molecule has 2 aliphatic rings. The first-order valence-corrected chi connectivity index (χ1v) is 17.7. The molecule has 0 spiro atoms. The number of H-pyrrole nitrogens is 1. The molecule has 2 atom stereocenters. The second kappa shape index (κ2) is 16.4. The molecule has 0 bridgehead atoms. The molecule has 2 saturated carbocycles. The fraction of sp³-hybridized carbons (Fsp3) is 0.459. The Bertz CT molecular complexity index is 1700. The average Bonchev–Trinajstić information content (AvgIpc) is 3.68. The number of hydrogen-bond acceptors (Lipinski definition) is 10. The van der Waals surface area contributed by atoms with Crippen molar-refractivity contribution in [2.75, 3.05) is 11.9 Å². The molecule has 50 heavy (non-hydrogen) atoms. The third-order valence-corrected chi connectivity index (χ3v) is 10.2. The van der Waals surface area contributed by atoms with Crippen LogP contribution in [-0.2, 0) is 11.2 Å². The van der Waals surface area contributed by atoms with Gasteiger partial charge in [0.05, 0.1) is 6.04 Å². The Morgan fingerprint density at radius 3 is 2.26 bits per heavy atom. The summed E-state index contributed by atoms with van der Waals surface area (Å²) in [7, 11) is 0. The number of nitrogens with two attached hydrogens (primary N) is 2. The van der Waals surface area contributed by atoms with Gasteiger partial charge in [-0.2, -0.15) is 5.21 Å². The van der Waals surface area contributed by atoms with Crippen LogP contribution in [0.25, 0.3) is 22.5 Å². The van der Waals surface area contributed by atoms with Crippen LogP contribution < -0.4 is 27.4 Å². The molecule has 6 rings (SSSR count). The molecule has 2 aromatic heterocycles. The predicted octanol–water partition coefficient (Wildman–Crippen LogP) is 3.46. The number of carbonyl (C=O) groups is 2. The van der Waals surface area contributed by atoms with E-state index in [1.54, 1.807) is 18.2 Å². The van der Waals surface area contributed by atoms with Crippen LogP contribution in [0.2, 0.25) is 0 Å². The number of aryl methyl sites for hydroxylation is 1. The zero-order chi connectivity index (χ0) is 35.0. The largest absolute Gasteiger partial charge is 0.378 e. The molecule has 13 nitrogen and oxygen atoms in total. The normalized spacial score (nSPS) is 22.0. The first kappa shape index (κ1) is 35.3. The number of hydrogen-bond donors (Lipinski definition) is 7. The van der Waals surface area contributed by atoms with Gasteiger partial charge >= 0.3 is 0 Å². The van der Waals surface area contributed by atoms with E-state index in [9.17, 15) is 14.7 Å². The summed E-state index contributed by atoms with van der Waals surface area (Å²) in [5.74, 6) is 0.587. The number of tetrazole rings is 1. The van der Waals surface area contributed by atoms with Crippen LogP contribution in [0.1, 0.15) is 73.1 Å². The van der Waals surface area contributed by atoms with Gasteiger partial charge in [-0.15, -0.1) is 10.2 Å². The molecule has 2 amide bonds. The molecule has 4 aromatic rings.